The number of nitrogens with zero attached hydrogens (tertiary/aromatic N) is 1. The average molecular weight is 257 g/mol. The van der Waals surface area contributed by atoms with Crippen molar-refractivity contribution in [2.75, 3.05) is 0 Å². The molecule has 2 aliphatic carbocycles. The summed E-state index contributed by atoms with van der Waals surface area (Å²) in [5.41, 5.74) is 1.92. The van der Waals surface area contributed by atoms with E-state index < -0.39 is 0 Å². The van der Waals surface area contributed by atoms with E-state index in [1.807, 2.05) is 12.1 Å². The molecule has 3 heteroatoms. The van der Waals surface area contributed by atoms with Gasteiger partial charge in [0, 0.05) is 5.56 Å². The lowest BCUT2D eigenvalue weighted by atomic mass is 9.98. The fourth-order valence-corrected chi connectivity index (χ4v) is 3.14. The maximum absolute atomic E-state index is 10.7. The van der Waals surface area contributed by atoms with E-state index in [1.54, 1.807) is 6.08 Å². The summed E-state index contributed by atoms with van der Waals surface area (Å²) < 4.78 is 6.17. The Balaban J connectivity index is 1.95. The van der Waals surface area contributed by atoms with E-state index in [0.29, 0.717) is 6.10 Å². The van der Waals surface area contributed by atoms with Crippen LogP contribution in [-0.4, -0.2) is 12.2 Å². The molecule has 2 fully saturated rings. The van der Waals surface area contributed by atoms with Gasteiger partial charge in [0.15, 0.2) is 0 Å². The van der Waals surface area contributed by atoms with Gasteiger partial charge in [-0.2, -0.15) is 4.99 Å². The minimum absolute atomic E-state index is 0.330. The molecule has 0 saturated heterocycles. The van der Waals surface area contributed by atoms with Gasteiger partial charge in [0.05, 0.1) is 6.10 Å². The summed E-state index contributed by atoms with van der Waals surface area (Å²) in [6.07, 6.45) is 8.70. The van der Waals surface area contributed by atoms with Gasteiger partial charge in [-0.15, -0.1) is 0 Å². The van der Waals surface area contributed by atoms with Crippen LogP contribution < -0.4 is 4.74 Å². The zero-order valence-corrected chi connectivity index (χ0v) is 11.3. The van der Waals surface area contributed by atoms with Crippen LogP contribution in [0.25, 0.3) is 0 Å². The van der Waals surface area contributed by atoms with E-state index in [1.165, 1.54) is 12.8 Å². The predicted octanol–water partition coefficient (Wildman–Crippen LogP) is 3.64. The molecule has 0 atom stereocenters. The number of ether oxygens (including phenoxy) is 1. The second kappa shape index (κ2) is 4.82. The summed E-state index contributed by atoms with van der Waals surface area (Å²) in [7, 11) is 0. The highest BCUT2D eigenvalue weighted by Gasteiger charge is 2.48. The lowest BCUT2D eigenvalue weighted by Gasteiger charge is -2.21. The topological polar surface area (TPSA) is 38.7 Å². The summed E-state index contributed by atoms with van der Waals surface area (Å²) in [6, 6.07) is 6.10. The fraction of sp³-hybridized carbons (Fsp3) is 0.562. The van der Waals surface area contributed by atoms with E-state index in [4.69, 9.17) is 4.74 Å². The molecule has 3 rings (SSSR count). The number of isocyanates is 1. The molecule has 0 radical (unpaired) electrons. The Morgan fingerprint density at radius 2 is 2.05 bits per heavy atom. The summed E-state index contributed by atoms with van der Waals surface area (Å²) in [4.78, 5) is 14.7. The molecule has 1 aromatic carbocycles. The highest BCUT2D eigenvalue weighted by Crippen LogP contribution is 2.53. The van der Waals surface area contributed by atoms with Crippen LogP contribution in [0.1, 0.15) is 49.7 Å². The largest absolute Gasteiger partial charge is 0.490 e. The van der Waals surface area contributed by atoms with Crippen molar-refractivity contribution in [3.05, 3.63) is 29.3 Å². The first-order valence-corrected chi connectivity index (χ1v) is 7.11. The molecule has 0 heterocycles. The number of carbonyl (C=O) groups excluding carboxylic acids is 1. The van der Waals surface area contributed by atoms with Crippen LogP contribution in [0, 0.1) is 6.92 Å². The van der Waals surface area contributed by atoms with E-state index in [9.17, 15) is 4.79 Å². The zero-order valence-electron chi connectivity index (χ0n) is 11.3. The molecule has 3 nitrogen and oxygen atoms in total. The Morgan fingerprint density at radius 3 is 2.68 bits per heavy atom. The molecular weight excluding hydrogens is 238 g/mol. The van der Waals surface area contributed by atoms with Gasteiger partial charge in [0.25, 0.3) is 0 Å². The molecular formula is C16H19NO2. The van der Waals surface area contributed by atoms with Gasteiger partial charge >= 0.3 is 0 Å². The molecule has 0 aliphatic heterocycles. The van der Waals surface area contributed by atoms with Crippen molar-refractivity contribution >= 4 is 6.08 Å². The molecule has 0 amide bonds. The third-order valence-electron chi connectivity index (χ3n) is 4.28. The molecule has 0 unspecified atom stereocenters. The molecule has 0 bridgehead atoms. The normalized spacial score (nSPS) is 20.9. The van der Waals surface area contributed by atoms with Crippen molar-refractivity contribution in [2.45, 2.75) is 57.1 Å². The molecule has 19 heavy (non-hydrogen) atoms. The van der Waals surface area contributed by atoms with Gasteiger partial charge in [0.1, 0.15) is 11.3 Å². The van der Waals surface area contributed by atoms with Gasteiger partial charge in [-0.3, -0.25) is 0 Å². The molecule has 1 aromatic rings. The lowest BCUT2D eigenvalue weighted by Crippen LogP contribution is -2.15. The Morgan fingerprint density at radius 1 is 1.32 bits per heavy atom. The van der Waals surface area contributed by atoms with Crippen molar-refractivity contribution < 1.29 is 9.53 Å². The fourth-order valence-electron chi connectivity index (χ4n) is 3.14. The van der Waals surface area contributed by atoms with Gasteiger partial charge in [-0.25, -0.2) is 4.79 Å². The zero-order chi connectivity index (χ0) is 13.3. The number of aryl methyl sites for hydroxylation is 1. The van der Waals surface area contributed by atoms with Crippen molar-refractivity contribution in [1.29, 1.82) is 0 Å². The first-order valence-electron chi connectivity index (χ1n) is 7.11. The Labute approximate surface area is 113 Å². The molecule has 2 aliphatic rings. The standard InChI is InChI=1S/C16H19NO2/c1-12-5-4-8-14(19-13-6-2-3-7-13)15(12)16(9-10-16)17-11-18/h4-5,8,13H,2-3,6-7,9-10H2,1H3. The number of hydrogen-bond donors (Lipinski definition) is 0. The first kappa shape index (κ1) is 12.4. The first-order chi connectivity index (χ1) is 9.25. The quantitative estimate of drug-likeness (QED) is 0.610. The number of rotatable bonds is 4. The predicted molar refractivity (Wildman–Crippen MR) is 73.1 cm³/mol. The van der Waals surface area contributed by atoms with E-state index in [2.05, 4.69) is 18.0 Å². The van der Waals surface area contributed by atoms with Crippen LogP contribution in [0.3, 0.4) is 0 Å². The van der Waals surface area contributed by atoms with Crippen LogP contribution in [0.15, 0.2) is 23.2 Å². The maximum Gasteiger partial charge on any atom is 0.235 e. The van der Waals surface area contributed by atoms with Crippen LogP contribution >= 0.6 is 0 Å². The smallest absolute Gasteiger partial charge is 0.235 e. The number of aliphatic imine (C=N–C) groups is 1. The highest BCUT2D eigenvalue weighted by atomic mass is 16.5. The Hall–Kier alpha value is -1.60. The summed E-state index contributed by atoms with van der Waals surface area (Å²) >= 11 is 0. The highest BCUT2D eigenvalue weighted by molar-refractivity contribution is 5.51. The molecule has 2 saturated carbocycles. The average Bonchev–Trinajstić information content (AvgIpc) is 2.97. The maximum atomic E-state index is 10.7. The van der Waals surface area contributed by atoms with Crippen LogP contribution in [-0.2, 0) is 10.3 Å². The van der Waals surface area contributed by atoms with Crippen molar-refractivity contribution in [3.8, 4) is 5.75 Å². The van der Waals surface area contributed by atoms with Crippen LogP contribution in [0.2, 0.25) is 0 Å². The SMILES string of the molecule is Cc1cccc(OC2CCCC2)c1C1(N=C=O)CC1. The third kappa shape index (κ3) is 2.31. The molecule has 0 aromatic heterocycles. The van der Waals surface area contributed by atoms with E-state index in [-0.39, 0.29) is 5.54 Å². The van der Waals surface area contributed by atoms with Crippen LogP contribution in [0.4, 0.5) is 0 Å². The second-order valence-corrected chi connectivity index (χ2v) is 5.71. The van der Waals surface area contributed by atoms with E-state index >= 15 is 0 Å². The summed E-state index contributed by atoms with van der Waals surface area (Å²) in [5, 5.41) is 0. The number of hydrogen-bond acceptors (Lipinski definition) is 3. The molecule has 0 spiro atoms. The van der Waals surface area contributed by atoms with Gasteiger partial charge in [0.2, 0.25) is 6.08 Å². The van der Waals surface area contributed by atoms with Gasteiger partial charge < -0.3 is 4.74 Å². The Kier molecular flexibility index (Phi) is 3.16. The van der Waals surface area contributed by atoms with Gasteiger partial charge in [-0.1, -0.05) is 12.1 Å². The van der Waals surface area contributed by atoms with Crippen LogP contribution in [0.5, 0.6) is 5.75 Å². The minimum Gasteiger partial charge on any atom is -0.490 e. The Bertz CT molecular complexity index is 522. The minimum atomic E-state index is -0.346. The third-order valence-corrected chi connectivity index (χ3v) is 4.28. The lowest BCUT2D eigenvalue weighted by molar-refractivity contribution is 0.206. The monoisotopic (exact) mass is 257 g/mol. The molecule has 100 valence electrons. The second-order valence-electron chi connectivity index (χ2n) is 5.71. The summed E-state index contributed by atoms with van der Waals surface area (Å²) in [5.74, 6) is 0.920. The van der Waals surface area contributed by atoms with Crippen molar-refractivity contribution in [3.63, 3.8) is 0 Å². The van der Waals surface area contributed by atoms with Crippen molar-refractivity contribution in [1.82, 2.24) is 0 Å². The summed E-state index contributed by atoms with van der Waals surface area (Å²) in [6.45, 7) is 2.07. The van der Waals surface area contributed by atoms with Gasteiger partial charge in [-0.05, 0) is 57.1 Å². The number of benzene rings is 1. The van der Waals surface area contributed by atoms with E-state index in [0.717, 1.165) is 42.6 Å². The molecule has 0 N–H and O–H groups in total. The van der Waals surface area contributed by atoms with Crippen molar-refractivity contribution in [2.24, 2.45) is 4.99 Å².